The number of imidazole rings is 1. The first kappa shape index (κ1) is 18.5. The van der Waals surface area contributed by atoms with Gasteiger partial charge in [0.1, 0.15) is 0 Å². The van der Waals surface area contributed by atoms with Crippen LogP contribution in [0.3, 0.4) is 0 Å². The van der Waals surface area contributed by atoms with E-state index >= 15 is 0 Å². The topological polar surface area (TPSA) is 95.3 Å². The molecule has 1 aliphatic heterocycles. The molecule has 0 radical (unpaired) electrons. The van der Waals surface area contributed by atoms with Gasteiger partial charge in [0.05, 0.1) is 17.5 Å². The van der Waals surface area contributed by atoms with Crippen LogP contribution >= 0.6 is 0 Å². The fourth-order valence-corrected chi connectivity index (χ4v) is 4.00. The van der Waals surface area contributed by atoms with E-state index in [9.17, 15) is 4.79 Å². The number of amides is 1. The summed E-state index contributed by atoms with van der Waals surface area (Å²) in [5.74, 6) is 1.97. The molecule has 4 aromatic rings. The molecular formula is C21H24N8O. The van der Waals surface area contributed by atoms with Crippen molar-refractivity contribution < 1.29 is 4.79 Å². The summed E-state index contributed by atoms with van der Waals surface area (Å²) in [4.78, 5) is 33.9. The maximum Gasteiger partial charge on any atom is 0.252 e. The Kier molecular flexibility index (Phi) is 4.57. The number of fused-ring (bicyclic) bond motifs is 2. The summed E-state index contributed by atoms with van der Waals surface area (Å²) in [5.41, 5.74) is 3.84. The third kappa shape index (κ3) is 3.47. The summed E-state index contributed by atoms with van der Waals surface area (Å²) in [6.45, 7) is 6.86. The molecule has 0 saturated carbocycles. The standard InChI is InChI=1S/C21H24N8O/c1-14-12-15(2)29-21(22-14)25-18(26-29)13-19(30)27-8-5-9-28(11-10-27)20-23-16-6-3-4-7-17(16)24-20/h3-4,6-7,12H,5,8-11,13H2,1-2H3,(H,23,24). The van der Waals surface area contributed by atoms with Gasteiger partial charge in [-0.1, -0.05) is 12.1 Å². The number of nitrogens with zero attached hydrogens (tertiary/aromatic N) is 7. The second-order valence-corrected chi connectivity index (χ2v) is 7.75. The minimum atomic E-state index is 0.0479. The fourth-order valence-electron chi connectivity index (χ4n) is 4.00. The molecule has 0 bridgehead atoms. The predicted octanol–water partition coefficient (Wildman–Crippen LogP) is 1.90. The number of aromatic nitrogens is 6. The number of aromatic amines is 1. The van der Waals surface area contributed by atoms with E-state index < -0.39 is 0 Å². The van der Waals surface area contributed by atoms with Gasteiger partial charge < -0.3 is 14.8 Å². The number of hydrogen-bond donors (Lipinski definition) is 1. The molecular weight excluding hydrogens is 380 g/mol. The molecule has 1 fully saturated rings. The van der Waals surface area contributed by atoms with Crippen molar-refractivity contribution in [1.82, 2.24) is 34.4 Å². The summed E-state index contributed by atoms with van der Waals surface area (Å²) in [6, 6.07) is 9.97. The lowest BCUT2D eigenvalue weighted by molar-refractivity contribution is -0.130. The van der Waals surface area contributed by atoms with E-state index in [0.717, 1.165) is 54.4 Å². The highest BCUT2D eigenvalue weighted by Gasteiger charge is 2.22. The van der Waals surface area contributed by atoms with E-state index in [1.54, 1.807) is 4.52 Å². The number of carbonyl (C=O) groups is 1. The zero-order valence-corrected chi connectivity index (χ0v) is 17.2. The lowest BCUT2D eigenvalue weighted by atomic mass is 10.3. The van der Waals surface area contributed by atoms with Crippen molar-refractivity contribution in [3.05, 3.63) is 47.5 Å². The van der Waals surface area contributed by atoms with Crippen LogP contribution in [0.25, 0.3) is 16.8 Å². The Morgan fingerprint density at radius 2 is 1.93 bits per heavy atom. The van der Waals surface area contributed by atoms with Gasteiger partial charge in [-0.25, -0.2) is 14.5 Å². The molecule has 1 N–H and O–H groups in total. The maximum absolute atomic E-state index is 12.9. The Balaban J connectivity index is 1.27. The molecule has 3 aromatic heterocycles. The maximum atomic E-state index is 12.9. The van der Waals surface area contributed by atoms with Gasteiger partial charge in [0.25, 0.3) is 5.78 Å². The van der Waals surface area contributed by atoms with Crippen LogP contribution < -0.4 is 4.90 Å². The smallest absolute Gasteiger partial charge is 0.252 e. The predicted molar refractivity (Wildman–Crippen MR) is 113 cm³/mol. The minimum absolute atomic E-state index is 0.0479. The van der Waals surface area contributed by atoms with Gasteiger partial charge in [-0.15, -0.1) is 5.10 Å². The first-order valence-corrected chi connectivity index (χ1v) is 10.2. The Morgan fingerprint density at radius 1 is 1.07 bits per heavy atom. The van der Waals surface area contributed by atoms with Crippen LogP contribution in [-0.2, 0) is 11.2 Å². The SMILES string of the molecule is Cc1cc(C)n2nc(CC(=O)N3CCCN(c4nc5ccccc5[nH]4)CC3)nc2n1. The number of aryl methyl sites for hydroxylation is 2. The van der Waals surface area contributed by atoms with Crippen molar-refractivity contribution >= 4 is 28.7 Å². The third-order valence-electron chi connectivity index (χ3n) is 5.50. The third-order valence-corrected chi connectivity index (χ3v) is 5.50. The highest BCUT2D eigenvalue weighted by molar-refractivity contribution is 5.79. The van der Waals surface area contributed by atoms with E-state index in [-0.39, 0.29) is 12.3 Å². The zero-order chi connectivity index (χ0) is 20.7. The monoisotopic (exact) mass is 404 g/mol. The normalized spacial score (nSPS) is 15.1. The minimum Gasteiger partial charge on any atom is -0.341 e. The number of nitrogens with one attached hydrogen (secondary N) is 1. The highest BCUT2D eigenvalue weighted by Crippen LogP contribution is 2.18. The Morgan fingerprint density at radius 3 is 2.80 bits per heavy atom. The van der Waals surface area contributed by atoms with E-state index in [4.69, 9.17) is 4.98 Å². The number of rotatable bonds is 3. The Labute approximate surface area is 173 Å². The van der Waals surface area contributed by atoms with Crippen LogP contribution in [0.4, 0.5) is 5.95 Å². The summed E-state index contributed by atoms with van der Waals surface area (Å²) < 4.78 is 1.70. The van der Waals surface area contributed by atoms with E-state index in [1.807, 2.05) is 49.1 Å². The molecule has 0 atom stereocenters. The van der Waals surface area contributed by atoms with Crippen LogP contribution in [0.15, 0.2) is 30.3 Å². The van der Waals surface area contributed by atoms with Crippen LogP contribution in [0.5, 0.6) is 0 Å². The second kappa shape index (κ2) is 7.40. The number of benzene rings is 1. The molecule has 9 nitrogen and oxygen atoms in total. The molecule has 30 heavy (non-hydrogen) atoms. The summed E-state index contributed by atoms with van der Waals surface area (Å²) in [5, 5.41) is 4.47. The zero-order valence-electron chi connectivity index (χ0n) is 17.2. The van der Waals surface area contributed by atoms with Crippen molar-refractivity contribution in [2.75, 3.05) is 31.1 Å². The fraction of sp³-hybridized carbons (Fsp3) is 0.381. The van der Waals surface area contributed by atoms with Crippen molar-refractivity contribution in [2.45, 2.75) is 26.7 Å². The molecule has 154 valence electrons. The molecule has 5 rings (SSSR count). The Hall–Kier alpha value is -3.49. The molecule has 1 aliphatic rings. The van der Waals surface area contributed by atoms with Gasteiger partial charge in [0.2, 0.25) is 11.9 Å². The van der Waals surface area contributed by atoms with Crippen LogP contribution in [-0.4, -0.2) is 66.5 Å². The summed E-state index contributed by atoms with van der Waals surface area (Å²) in [7, 11) is 0. The Bertz CT molecular complexity index is 1190. The van der Waals surface area contributed by atoms with Crippen molar-refractivity contribution in [3.8, 4) is 0 Å². The van der Waals surface area contributed by atoms with Crippen molar-refractivity contribution in [2.24, 2.45) is 0 Å². The number of anilines is 1. The number of H-pyrrole nitrogens is 1. The molecule has 1 saturated heterocycles. The van der Waals surface area contributed by atoms with Gasteiger partial charge in [-0.05, 0) is 38.5 Å². The van der Waals surface area contributed by atoms with E-state index in [2.05, 4.69) is 25.0 Å². The average Bonchev–Trinajstić information content (AvgIpc) is 3.24. The van der Waals surface area contributed by atoms with Gasteiger partial charge in [0.15, 0.2) is 5.82 Å². The molecule has 1 amide bonds. The van der Waals surface area contributed by atoms with Gasteiger partial charge in [-0.2, -0.15) is 4.98 Å². The number of hydrogen-bond acceptors (Lipinski definition) is 6. The van der Waals surface area contributed by atoms with Crippen LogP contribution in [0.2, 0.25) is 0 Å². The second-order valence-electron chi connectivity index (χ2n) is 7.75. The van der Waals surface area contributed by atoms with Crippen molar-refractivity contribution in [3.63, 3.8) is 0 Å². The highest BCUT2D eigenvalue weighted by atomic mass is 16.2. The molecule has 1 aromatic carbocycles. The summed E-state index contributed by atoms with van der Waals surface area (Å²) in [6.07, 6.45) is 1.08. The average molecular weight is 404 g/mol. The van der Waals surface area contributed by atoms with Crippen LogP contribution in [0, 0.1) is 13.8 Å². The van der Waals surface area contributed by atoms with Gasteiger partial charge >= 0.3 is 0 Å². The lowest BCUT2D eigenvalue weighted by Crippen LogP contribution is -2.36. The number of para-hydroxylation sites is 2. The van der Waals surface area contributed by atoms with Crippen LogP contribution in [0.1, 0.15) is 23.6 Å². The lowest BCUT2D eigenvalue weighted by Gasteiger charge is -2.21. The van der Waals surface area contributed by atoms with E-state index in [1.165, 1.54) is 0 Å². The largest absolute Gasteiger partial charge is 0.341 e. The van der Waals surface area contributed by atoms with Gasteiger partial charge in [0, 0.05) is 37.6 Å². The van der Waals surface area contributed by atoms with E-state index in [0.29, 0.717) is 18.1 Å². The number of carbonyl (C=O) groups excluding carboxylic acids is 1. The molecule has 4 heterocycles. The quantitative estimate of drug-likeness (QED) is 0.560. The molecule has 9 heteroatoms. The first-order chi connectivity index (χ1) is 14.6. The molecule has 0 spiro atoms. The summed E-state index contributed by atoms with van der Waals surface area (Å²) >= 11 is 0. The molecule has 0 unspecified atom stereocenters. The van der Waals surface area contributed by atoms with Crippen molar-refractivity contribution in [1.29, 1.82) is 0 Å². The van der Waals surface area contributed by atoms with Gasteiger partial charge in [-0.3, -0.25) is 4.79 Å². The molecule has 0 aliphatic carbocycles. The first-order valence-electron chi connectivity index (χ1n) is 10.2.